The minimum atomic E-state index is -0.578. The van der Waals surface area contributed by atoms with E-state index in [1.165, 1.54) is 12.1 Å². The lowest BCUT2D eigenvalue weighted by Gasteiger charge is -2.09. The molecule has 0 amide bonds. The van der Waals surface area contributed by atoms with E-state index in [0.29, 0.717) is 43.4 Å². The predicted octanol–water partition coefficient (Wildman–Crippen LogP) is 8.52. The molecule has 0 saturated carbocycles. The van der Waals surface area contributed by atoms with Crippen LogP contribution < -0.4 is 14.2 Å². The minimum Gasteiger partial charge on any atom is -0.494 e. The summed E-state index contributed by atoms with van der Waals surface area (Å²) < 4.78 is 26.8. The Morgan fingerprint density at radius 3 is 1.60 bits per heavy atom. The fourth-order valence-corrected chi connectivity index (χ4v) is 4.54. The predicted molar refractivity (Wildman–Crippen MR) is 183 cm³/mol. The van der Waals surface area contributed by atoms with Gasteiger partial charge in [-0.25, -0.2) is 14.4 Å². The van der Waals surface area contributed by atoms with E-state index in [4.69, 9.17) is 46.9 Å². The first-order chi connectivity index (χ1) is 22.8. The minimum absolute atomic E-state index is 0.183. The van der Waals surface area contributed by atoms with Gasteiger partial charge in [-0.2, -0.15) is 0 Å². The van der Waals surface area contributed by atoms with Crippen molar-refractivity contribution in [2.45, 2.75) is 38.5 Å². The number of halogens is 2. The Labute approximate surface area is 284 Å². The largest absolute Gasteiger partial charge is 0.494 e. The molecule has 0 spiro atoms. The third-order valence-corrected chi connectivity index (χ3v) is 7.03. The van der Waals surface area contributed by atoms with Crippen LogP contribution in [0.25, 0.3) is 0 Å². The van der Waals surface area contributed by atoms with Gasteiger partial charge in [-0.3, -0.25) is 4.99 Å². The summed E-state index contributed by atoms with van der Waals surface area (Å²) in [7, 11) is 0. The van der Waals surface area contributed by atoms with Crippen molar-refractivity contribution in [1.82, 2.24) is 0 Å². The van der Waals surface area contributed by atoms with E-state index in [9.17, 15) is 14.4 Å². The Morgan fingerprint density at radius 2 is 1.11 bits per heavy atom. The Hall–Kier alpha value is -4.60. The quantitative estimate of drug-likeness (QED) is 0.0384. The molecule has 0 saturated heterocycles. The molecule has 11 heteroatoms. The number of nitrogens with zero attached hydrogens (tertiary/aromatic N) is 1. The number of aliphatic imine (C=N–C) groups is 1. The number of ether oxygens (including phenoxy) is 5. The van der Waals surface area contributed by atoms with Crippen LogP contribution >= 0.6 is 23.2 Å². The number of hydrogen-bond acceptors (Lipinski definition) is 9. The Balaban J connectivity index is 1.42. The Morgan fingerprint density at radius 1 is 0.638 bits per heavy atom. The average molecular weight is 683 g/mol. The zero-order chi connectivity index (χ0) is 33.9. The number of unbranched alkanes of at least 4 members (excludes halogenated alkanes) is 4. The van der Waals surface area contributed by atoms with Crippen LogP contribution in [-0.4, -0.2) is 50.6 Å². The smallest absolute Gasteiger partial charge is 0.343 e. The molecule has 248 valence electrons. The van der Waals surface area contributed by atoms with Crippen LogP contribution in [0, 0.1) is 0 Å². The molecule has 0 aliphatic rings. The molecule has 0 aliphatic carbocycles. The van der Waals surface area contributed by atoms with E-state index in [0.717, 1.165) is 62.0 Å². The molecular formula is C36H37Cl2NO8. The van der Waals surface area contributed by atoms with Crippen molar-refractivity contribution in [3.8, 4) is 17.2 Å². The zero-order valence-electron chi connectivity index (χ0n) is 26.0. The molecule has 0 unspecified atom stereocenters. The van der Waals surface area contributed by atoms with Crippen LogP contribution in [0.1, 0.15) is 54.4 Å². The van der Waals surface area contributed by atoms with Gasteiger partial charge in [-0.15, -0.1) is 0 Å². The van der Waals surface area contributed by atoms with Crippen LogP contribution in [0.3, 0.4) is 0 Å². The van der Waals surface area contributed by atoms with Gasteiger partial charge >= 0.3 is 17.9 Å². The first kappa shape index (κ1) is 36.9. The summed E-state index contributed by atoms with van der Waals surface area (Å²) in [5.41, 5.74) is 1.48. The van der Waals surface area contributed by atoms with Gasteiger partial charge in [0.1, 0.15) is 22.9 Å². The van der Waals surface area contributed by atoms with Crippen molar-refractivity contribution >= 4 is 53.0 Å². The van der Waals surface area contributed by atoms with E-state index in [2.05, 4.69) is 18.2 Å². The standard InChI is InChI=1S/C36H37Cl2NO8/c1-3-33(40)45-21-9-5-7-19-43-28-15-11-26(12-16-28)25-39-35-31(37)23-30(24-32(35)38)47-36(42)27-13-17-29(18-14-27)44-20-8-6-10-22-46-34(41)4-2/h3-4,11-18,23-25H,1-2,5-10,19-22H2/b39-25+. The van der Waals surface area contributed by atoms with Crippen molar-refractivity contribution in [3.63, 3.8) is 0 Å². The molecule has 0 heterocycles. The van der Waals surface area contributed by atoms with Crippen LogP contribution in [0.4, 0.5) is 5.69 Å². The second kappa shape index (κ2) is 20.5. The number of benzene rings is 3. The van der Waals surface area contributed by atoms with Crippen LogP contribution in [-0.2, 0) is 19.1 Å². The van der Waals surface area contributed by atoms with Gasteiger partial charge in [0.2, 0.25) is 0 Å². The molecule has 47 heavy (non-hydrogen) atoms. The summed E-state index contributed by atoms with van der Waals surface area (Å²) in [4.78, 5) is 39.2. The Kier molecular flexibility index (Phi) is 16.1. The zero-order valence-corrected chi connectivity index (χ0v) is 27.5. The van der Waals surface area contributed by atoms with Gasteiger partial charge in [0, 0.05) is 30.5 Å². The lowest BCUT2D eigenvalue weighted by molar-refractivity contribution is -0.138. The van der Waals surface area contributed by atoms with Crippen molar-refractivity contribution in [2.75, 3.05) is 26.4 Å². The maximum absolute atomic E-state index is 12.7. The number of esters is 3. The number of rotatable bonds is 20. The molecule has 0 fully saturated rings. The van der Waals surface area contributed by atoms with Crippen molar-refractivity contribution in [2.24, 2.45) is 4.99 Å². The summed E-state index contributed by atoms with van der Waals surface area (Å²) in [6.07, 6.45) is 8.75. The van der Waals surface area contributed by atoms with Crippen molar-refractivity contribution in [1.29, 1.82) is 0 Å². The highest BCUT2D eigenvalue weighted by atomic mass is 35.5. The van der Waals surface area contributed by atoms with Crippen LogP contribution in [0.2, 0.25) is 10.0 Å². The first-order valence-electron chi connectivity index (χ1n) is 15.1. The second-order valence-electron chi connectivity index (χ2n) is 10.0. The highest BCUT2D eigenvalue weighted by Crippen LogP contribution is 2.37. The maximum Gasteiger partial charge on any atom is 0.343 e. The normalized spacial score (nSPS) is 10.7. The van der Waals surface area contributed by atoms with E-state index in [1.807, 2.05) is 24.3 Å². The lowest BCUT2D eigenvalue weighted by Crippen LogP contribution is -2.08. The third-order valence-electron chi connectivity index (χ3n) is 6.45. The second-order valence-corrected chi connectivity index (χ2v) is 10.9. The van der Waals surface area contributed by atoms with E-state index >= 15 is 0 Å². The number of carbonyl (C=O) groups is 3. The van der Waals surface area contributed by atoms with Gasteiger partial charge in [0.05, 0.1) is 42.0 Å². The molecule has 0 radical (unpaired) electrons. The topological polar surface area (TPSA) is 110 Å². The van der Waals surface area contributed by atoms with Crippen LogP contribution in [0.15, 0.2) is 91.0 Å². The van der Waals surface area contributed by atoms with Gasteiger partial charge in [0.25, 0.3) is 0 Å². The monoisotopic (exact) mass is 681 g/mol. The first-order valence-corrected chi connectivity index (χ1v) is 15.8. The highest BCUT2D eigenvalue weighted by Gasteiger charge is 2.13. The lowest BCUT2D eigenvalue weighted by atomic mass is 10.2. The third kappa shape index (κ3) is 13.7. The Bertz CT molecular complexity index is 1500. The molecular weight excluding hydrogens is 645 g/mol. The van der Waals surface area contributed by atoms with Gasteiger partial charge in [-0.05, 0) is 92.6 Å². The summed E-state index contributed by atoms with van der Waals surface area (Å²) in [6, 6.07) is 16.9. The van der Waals surface area contributed by atoms with E-state index < -0.39 is 17.9 Å². The van der Waals surface area contributed by atoms with Gasteiger partial charge in [-0.1, -0.05) is 36.4 Å². The van der Waals surface area contributed by atoms with Crippen molar-refractivity contribution < 1.29 is 38.1 Å². The molecule has 3 aromatic rings. The summed E-state index contributed by atoms with van der Waals surface area (Å²) >= 11 is 12.9. The van der Waals surface area contributed by atoms with E-state index in [-0.39, 0.29) is 15.8 Å². The number of hydrogen-bond donors (Lipinski definition) is 0. The number of carbonyl (C=O) groups excluding carboxylic acids is 3. The summed E-state index contributed by atoms with van der Waals surface area (Å²) in [6.45, 7) is 8.47. The molecule has 0 N–H and O–H groups in total. The molecule has 9 nitrogen and oxygen atoms in total. The fraction of sp³-hybridized carbons (Fsp3) is 0.278. The van der Waals surface area contributed by atoms with Gasteiger partial charge in [0.15, 0.2) is 0 Å². The van der Waals surface area contributed by atoms with E-state index in [1.54, 1.807) is 30.5 Å². The molecule has 3 rings (SSSR count). The van der Waals surface area contributed by atoms with Gasteiger partial charge < -0.3 is 23.7 Å². The SMILES string of the molecule is C=CC(=O)OCCCCCOc1ccc(/C=N/c2c(Cl)cc(OC(=O)c3ccc(OCCCCCOC(=O)C=C)cc3)cc2Cl)cc1. The molecule has 3 aromatic carbocycles. The molecule has 0 aromatic heterocycles. The summed E-state index contributed by atoms with van der Waals surface area (Å²) in [5, 5.41) is 0.441. The highest BCUT2D eigenvalue weighted by molar-refractivity contribution is 6.39. The maximum atomic E-state index is 12.7. The molecule has 0 aliphatic heterocycles. The summed E-state index contributed by atoms with van der Waals surface area (Å²) in [5.74, 6) is 0.110. The molecule has 0 atom stereocenters. The van der Waals surface area contributed by atoms with Crippen LogP contribution in [0.5, 0.6) is 17.2 Å². The average Bonchev–Trinajstić information content (AvgIpc) is 3.07. The van der Waals surface area contributed by atoms with Crippen molar-refractivity contribution in [3.05, 3.63) is 107 Å². The fourth-order valence-electron chi connectivity index (χ4n) is 3.97. The molecule has 0 bridgehead atoms.